The minimum Gasteiger partial charge on any atom is -0.362 e. The first-order valence-corrected chi connectivity index (χ1v) is 10.0. The van der Waals surface area contributed by atoms with Crippen LogP contribution in [0.15, 0.2) is 30.5 Å². The lowest BCUT2D eigenvalue weighted by atomic mass is 9.86. The zero-order valence-electron chi connectivity index (χ0n) is 17.3. The highest BCUT2D eigenvalue weighted by Gasteiger charge is 2.22. The van der Waals surface area contributed by atoms with Crippen molar-refractivity contribution in [1.82, 2.24) is 15.3 Å². The average molecular weight is 382 g/mol. The minimum absolute atomic E-state index is 0.0181. The SMILES string of the molecule is Cc1ccc(C(=O)NC[C@H]2CC[C@@H](Nc3ncc(C)c(N(C)C)n3)CC2)cc1. The van der Waals surface area contributed by atoms with Crippen molar-refractivity contribution in [3.05, 3.63) is 47.2 Å². The standard InChI is InChI=1S/C22H31N5O/c1-15-5-9-18(10-6-15)21(28)23-14-17-7-11-19(12-8-17)25-22-24-13-16(2)20(26-22)27(3)4/h5-6,9-10,13,17,19H,7-8,11-12,14H2,1-4H3,(H,23,28)(H,24,25,26)/t17-,19+. The van der Waals surface area contributed by atoms with E-state index in [1.807, 2.05) is 63.3 Å². The zero-order chi connectivity index (χ0) is 20.1. The molecule has 0 radical (unpaired) electrons. The van der Waals surface area contributed by atoms with Crippen molar-refractivity contribution in [3.63, 3.8) is 0 Å². The molecule has 2 N–H and O–H groups in total. The number of anilines is 2. The lowest BCUT2D eigenvalue weighted by Crippen LogP contribution is -2.34. The van der Waals surface area contributed by atoms with Gasteiger partial charge in [0, 0.05) is 44.0 Å². The van der Waals surface area contributed by atoms with Gasteiger partial charge in [-0.25, -0.2) is 4.98 Å². The van der Waals surface area contributed by atoms with Gasteiger partial charge in [-0.05, 0) is 57.6 Å². The van der Waals surface area contributed by atoms with Crippen molar-refractivity contribution in [2.45, 2.75) is 45.6 Å². The molecule has 1 aliphatic rings. The zero-order valence-corrected chi connectivity index (χ0v) is 17.3. The Kier molecular flexibility index (Phi) is 6.49. The summed E-state index contributed by atoms with van der Waals surface area (Å²) in [5.41, 5.74) is 2.97. The van der Waals surface area contributed by atoms with Gasteiger partial charge in [0.2, 0.25) is 5.95 Å². The van der Waals surface area contributed by atoms with Gasteiger partial charge in [0.1, 0.15) is 5.82 Å². The molecule has 3 rings (SSSR count). The fraction of sp³-hybridized carbons (Fsp3) is 0.500. The first-order valence-electron chi connectivity index (χ1n) is 10.0. The molecule has 0 atom stereocenters. The number of rotatable bonds is 6. The van der Waals surface area contributed by atoms with Crippen molar-refractivity contribution in [2.24, 2.45) is 5.92 Å². The second kappa shape index (κ2) is 9.04. The van der Waals surface area contributed by atoms with Crippen molar-refractivity contribution in [2.75, 3.05) is 30.9 Å². The maximum Gasteiger partial charge on any atom is 0.251 e. The summed E-state index contributed by atoms with van der Waals surface area (Å²) in [4.78, 5) is 23.3. The highest BCUT2D eigenvalue weighted by Crippen LogP contribution is 2.26. The molecule has 1 aliphatic carbocycles. The van der Waals surface area contributed by atoms with Gasteiger partial charge in [0.25, 0.3) is 5.91 Å². The van der Waals surface area contributed by atoms with E-state index in [-0.39, 0.29) is 5.91 Å². The van der Waals surface area contributed by atoms with Crippen LogP contribution >= 0.6 is 0 Å². The molecular formula is C22H31N5O. The summed E-state index contributed by atoms with van der Waals surface area (Å²) in [6.07, 6.45) is 6.20. The van der Waals surface area contributed by atoms with Crippen LogP contribution in [0.1, 0.15) is 47.2 Å². The van der Waals surface area contributed by atoms with Crippen LogP contribution in [-0.4, -0.2) is 42.6 Å². The van der Waals surface area contributed by atoms with Crippen LogP contribution < -0.4 is 15.5 Å². The molecule has 150 valence electrons. The monoisotopic (exact) mass is 381 g/mol. The van der Waals surface area contributed by atoms with Gasteiger partial charge in [-0.15, -0.1) is 0 Å². The molecule has 28 heavy (non-hydrogen) atoms. The number of aromatic nitrogens is 2. The number of carbonyl (C=O) groups excluding carboxylic acids is 1. The maximum atomic E-state index is 12.3. The molecule has 1 aromatic heterocycles. The summed E-state index contributed by atoms with van der Waals surface area (Å²) in [5.74, 6) is 2.20. The van der Waals surface area contributed by atoms with Crippen LogP contribution in [0.4, 0.5) is 11.8 Å². The summed E-state index contributed by atoms with van der Waals surface area (Å²) in [5, 5.41) is 6.57. The Morgan fingerprint density at radius 1 is 1.11 bits per heavy atom. The average Bonchev–Trinajstić information content (AvgIpc) is 2.69. The van der Waals surface area contributed by atoms with Crippen LogP contribution in [0.2, 0.25) is 0 Å². The van der Waals surface area contributed by atoms with E-state index in [2.05, 4.69) is 20.6 Å². The largest absolute Gasteiger partial charge is 0.362 e. The Hall–Kier alpha value is -2.63. The summed E-state index contributed by atoms with van der Waals surface area (Å²) in [6.45, 7) is 4.79. The summed E-state index contributed by atoms with van der Waals surface area (Å²) >= 11 is 0. The number of amides is 1. The Morgan fingerprint density at radius 2 is 1.79 bits per heavy atom. The van der Waals surface area contributed by atoms with Gasteiger partial charge < -0.3 is 15.5 Å². The lowest BCUT2D eigenvalue weighted by molar-refractivity contribution is 0.0943. The van der Waals surface area contributed by atoms with E-state index in [1.165, 1.54) is 0 Å². The minimum atomic E-state index is 0.0181. The first kappa shape index (κ1) is 20.1. The van der Waals surface area contributed by atoms with E-state index in [1.54, 1.807) is 0 Å². The Bertz CT molecular complexity index is 795. The van der Waals surface area contributed by atoms with Gasteiger partial charge in [-0.1, -0.05) is 17.7 Å². The van der Waals surface area contributed by atoms with E-state index in [9.17, 15) is 4.79 Å². The number of benzene rings is 1. The van der Waals surface area contributed by atoms with Gasteiger partial charge in [-0.3, -0.25) is 4.79 Å². The molecule has 0 unspecified atom stereocenters. The van der Waals surface area contributed by atoms with Crippen molar-refractivity contribution < 1.29 is 4.79 Å². The fourth-order valence-corrected chi connectivity index (χ4v) is 3.69. The second-order valence-electron chi connectivity index (χ2n) is 8.03. The van der Waals surface area contributed by atoms with Gasteiger partial charge >= 0.3 is 0 Å². The van der Waals surface area contributed by atoms with E-state index in [0.29, 0.717) is 17.9 Å². The first-order chi connectivity index (χ1) is 13.4. The highest BCUT2D eigenvalue weighted by molar-refractivity contribution is 5.94. The maximum absolute atomic E-state index is 12.3. The molecule has 0 bridgehead atoms. The fourth-order valence-electron chi connectivity index (χ4n) is 3.69. The predicted molar refractivity (Wildman–Crippen MR) is 114 cm³/mol. The summed E-state index contributed by atoms with van der Waals surface area (Å²) < 4.78 is 0. The number of hydrogen-bond acceptors (Lipinski definition) is 5. The number of carbonyl (C=O) groups is 1. The molecule has 0 aliphatic heterocycles. The van der Waals surface area contributed by atoms with Crippen molar-refractivity contribution in [1.29, 1.82) is 0 Å². The number of aryl methyl sites for hydroxylation is 2. The van der Waals surface area contributed by atoms with Gasteiger partial charge in [0.15, 0.2) is 0 Å². The highest BCUT2D eigenvalue weighted by atomic mass is 16.1. The van der Waals surface area contributed by atoms with Crippen LogP contribution in [-0.2, 0) is 0 Å². The smallest absolute Gasteiger partial charge is 0.251 e. The quantitative estimate of drug-likeness (QED) is 0.801. The second-order valence-corrected chi connectivity index (χ2v) is 8.03. The van der Waals surface area contributed by atoms with Crippen LogP contribution in [0, 0.1) is 19.8 Å². The Labute approximate surface area is 167 Å². The van der Waals surface area contributed by atoms with Crippen molar-refractivity contribution >= 4 is 17.7 Å². The number of hydrogen-bond donors (Lipinski definition) is 2. The molecule has 1 saturated carbocycles. The third-order valence-electron chi connectivity index (χ3n) is 5.41. The van der Waals surface area contributed by atoms with Crippen LogP contribution in [0.5, 0.6) is 0 Å². The number of nitrogens with one attached hydrogen (secondary N) is 2. The lowest BCUT2D eigenvalue weighted by Gasteiger charge is -2.29. The third kappa shape index (κ3) is 5.21. The molecule has 1 amide bonds. The molecule has 6 nitrogen and oxygen atoms in total. The predicted octanol–water partition coefficient (Wildman–Crippen LogP) is 3.56. The molecule has 0 saturated heterocycles. The molecular weight excluding hydrogens is 350 g/mol. The Balaban J connectivity index is 1.45. The van der Waals surface area contributed by atoms with Crippen LogP contribution in [0.3, 0.4) is 0 Å². The topological polar surface area (TPSA) is 70.2 Å². The number of nitrogens with zero attached hydrogens (tertiary/aromatic N) is 3. The van der Waals surface area contributed by atoms with Crippen molar-refractivity contribution in [3.8, 4) is 0 Å². The molecule has 0 spiro atoms. The van der Waals surface area contributed by atoms with E-state index in [0.717, 1.165) is 54.7 Å². The normalized spacial score (nSPS) is 19.1. The van der Waals surface area contributed by atoms with Gasteiger partial charge in [-0.2, -0.15) is 4.98 Å². The van der Waals surface area contributed by atoms with E-state index >= 15 is 0 Å². The molecule has 2 aromatic rings. The van der Waals surface area contributed by atoms with Crippen LogP contribution in [0.25, 0.3) is 0 Å². The van der Waals surface area contributed by atoms with E-state index < -0.39 is 0 Å². The molecule has 6 heteroatoms. The summed E-state index contributed by atoms with van der Waals surface area (Å²) in [7, 11) is 3.99. The summed E-state index contributed by atoms with van der Waals surface area (Å²) in [6, 6.07) is 8.10. The molecule has 1 heterocycles. The van der Waals surface area contributed by atoms with E-state index in [4.69, 9.17) is 0 Å². The third-order valence-corrected chi connectivity index (χ3v) is 5.41. The molecule has 1 fully saturated rings. The van der Waals surface area contributed by atoms with Gasteiger partial charge in [0.05, 0.1) is 0 Å². The molecule has 1 aromatic carbocycles. The Morgan fingerprint density at radius 3 is 2.43 bits per heavy atom.